The third-order valence-corrected chi connectivity index (χ3v) is 4.54. The molecular weight excluding hydrogens is 341 g/mol. The third kappa shape index (κ3) is 3.61. The first kappa shape index (κ1) is 15.9. The lowest BCUT2D eigenvalue weighted by Crippen LogP contribution is -2.54. The van der Waals surface area contributed by atoms with Crippen LogP contribution in [0.25, 0.3) is 0 Å². The lowest BCUT2D eigenvalue weighted by atomic mass is 9.90. The SMILES string of the molecule is O=C(NC1(C(=O)O)CCCCCC1)c1ccc(Br)c(F)c1. The molecule has 0 atom stereocenters. The number of nitrogens with one attached hydrogen (secondary N) is 1. The van der Waals surface area contributed by atoms with Crippen LogP contribution in [0.4, 0.5) is 4.39 Å². The van der Waals surface area contributed by atoms with Gasteiger partial charge < -0.3 is 10.4 Å². The van der Waals surface area contributed by atoms with Crippen LogP contribution >= 0.6 is 15.9 Å². The van der Waals surface area contributed by atoms with Gasteiger partial charge in [0.25, 0.3) is 5.91 Å². The van der Waals surface area contributed by atoms with Crippen molar-refractivity contribution in [1.29, 1.82) is 0 Å². The number of carboxylic acid groups (broad SMARTS) is 1. The summed E-state index contributed by atoms with van der Waals surface area (Å²) in [5.41, 5.74) is -1.11. The lowest BCUT2D eigenvalue weighted by molar-refractivity contribution is -0.145. The van der Waals surface area contributed by atoms with E-state index in [4.69, 9.17) is 0 Å². The highest BCUT2D eigenvalue weighted by Crippen LogP contribution is 2.28. The Morgan fingerprint density at radius 1 is 1.19 bits per heavy atom. The van der Waals surface area contributed by atoms with Gasteiger partial charge in [-0.25, -0.2) is 9.18 Å². The third-order valence-electron chi connectivity index (χ3n) is 3.90. The molecule has 1 saturated carbocycles. The van der Waals surface area contributed by atoms with E-state index in [1.807, 2.05) is 0 Å². The number of benzene rings is 1. The minimum atomic E-state index is -1.24. The Kier molecular flexibility index (Phi) is 4.98. The normalized spacial score (nSPS) is 17.8. The zero-order valence-electron chi connectivity index (χ0n) is 11.5. The minimum Gasteiger partial charge on any atom is -0.480 e. The summed E-state index contributed by atoms with van der Waals surface area (Å²) in [4.78, 5) is 23.9. The smallest absolute Gasteiger partial charge is 0.329 e. The zero-order chi connectivity index (χ0) is 15.5. The van der Waals surface area contributed by atoms with Crippen molar-refractivity contribution in [2.75, 3.05) is 0 Å². The van der Waals surface area contributed by atoms with Crippen LogP contribution in [0, 0.1) is 5.82 Å². The predicted octanol–water partition coefficient (Wildman–Crippen LogP) is 3.50. The van der Waals surface area contributed by atoms with Gasteiger partial charge in [0.15, 0.2) is 0 Å². The van der Waals surface area contributed by atoms with Gasteiger partial charge in [0.1, 0.15) is 11.4 Å². The number of amides is 1. The number of carboxylic acids is 1. The Hall–Kier alpha value is -1.43. The molecule has 0 aliphatic heterocycles. The summed E-state index contributed by atoms with van der Waals surface area (Å²) in [5, 5.41) is 12.1. The van der Waals surface area contributed by atoms with Crippen LogP contribution in [0.15, 0.2) is 22.7 Å². The highest BCUT2D eigenvalue weighted by molar-refractivity contribution is 9.10. The lowest BCUT2D eigenvalue weighted by Gasteiger charge is -2.29. The fraction of sp³-hybridized carbons (Fsp3) is 0.467. The molecule has 1 aromatic carbocycles. The van der Waals surface area contributed by atoms with Crippen LogP contribution in [0.2, 0.25) is 0 Å². The van der Waals surface area contributed by atoms with Crippen LogP contribution in [-0.4, -0.2) is 22.5 Å². The predicted molar refractivity (Wildman–Crippen MR) is 79.6 cm³/mol. The van der Waals surface area contributed by atoms with Crippen molar-refractivity contribution in [3.8, 4) is 0 Å². The van der Waals surface area contributed by atoms with Gasteiger partial charge >= 0.3 is 5.97 Å². The molecule has 6 heteroatoms. The number of carbonyl (C=O) groups is 2. The minimum absolute atomic E-state index is 0.126. The van der Waals surface area contributed by atoms with Crippen molar-refractivity contribution in [3.05, 3.63) is 34.1 Å². The molecule has 2 N–H and O–H groups in total. The zero-order valence-corrected chi connectivity index (χ0v) is 13.1. The standard InChI is InChI=1S/C15H17BrFNO3/c16-11-6-5-10(9-12(11)17)13(19)18-15(14(20)21)7-3-1-2-4-8-15/h5-6,9H,1-4,7-8H2,(H,18,19)(H,20,21). The maximum Gasteiger partial charge on any atom is 0.329 e. The van der Waals surface area contributed by atoms with Crippen molar-refractivity contribution in [2.24, 2.45) is 0 Å². The molecule has 21 heavy (non-hydrogen) atoms. The van der Waals surface area contributed by atoms with E-state index >= 15 is 0 Å². The molecular formula is C15H17BrFNO3. The van der Waals surface area contributed by atoms with E-state index in [0.29, 0.717) is 12.8 Å². The van der Waals surface area contributed by atoms with E-state index in [1.165, 1.54) is 12.1 Å². The highest BCUT2D eigenvalue weighted by atomic mass is 79.9. The van der Waals surface area contributed by atoms with Gasteiger partial charge in [-0.05, 0) is 47.0 Å². The first-order valence-electron chi connectivity index (χ1n) is 6.95. The molecule has 4 nitrogen and oxygen atoms in total. The molecule has 1 amide bonds. The van der Waals surface area contributed by atoms with Crippen LogP contribution < -0.4 is 5.32 Å². The molecule has 1 aliphatic carbocycles. The molecule has 1 aromatic rings. The van der Waals surface area contributed by atoms with Gasteiger partial charge in [-0.3, -0.25) is 4.79 Å². The Labute approximate surface area is 130 Å². The van der Waals surface area contributed by atoms with Gasteiger partial charge in [0, 0.05) is 5.56 Å². The van der Waals surface area contributed by atoms with Crippen molar-refractivity contribution < 1.29 is 19.1 Å². The van der Waals surface area contributed by atoms with Crippen molar-refractivity contribution in [1.82, 2.24) is 5.32 Å². The molecule has 1 aliphatic rings. The molecule has 1 fully saturated rings. The fourth-order valence-electron chi connectivity index (χ4n) is 2.65. The van der Waals surface area contributed by atoms with Gasteiger partial charge in [-0.2, -0.15) is 0 Å². The maximum atomic E-state index is 13.5. The summed E-state index contributed by atoms with van der Waals surface area (Å²) in [6, 6.07) is 4.01. The van der Waals surface area contributed by atoms with Gasteiger partial charge in [-0.15, -0.1) is 0 Å². The van der Waals surface area contributed by atoms with E-state index in [9.17, 15) is 19.1 Å². The van der Waals surface area contributed by atoms with Crippen molar-refractivity contribution >= 4 is 27.8 Å². The molecule has 0 heterocycles. The maximum absolute atomic E-state index is 13.5. The van der Waals surface area contributed by atoms with Gasteiger partial charge in [0.05, 0.1) is 4.47 Å². The Balaban J connectivity index is 2.21. The molecule has 0 bridgehead atoms. The van der Waals surface area contributed by atoms with Crippen LogP contribution in [0.1, 0.15) is 48.9 Å². The first-order chi connectivity index (χ1) is 9.94. The largest absolute Gasteiger partial charge is 0.480 e. The number of hydrogen-bond donors (Lipinski definition) is 2. The number of carbonyl (C=O) groups excluding carboxylic acids is 1. The number of halogens is 2. The van der Waals surface area contributed by atoms with E-state index in [1.54, 1.807) is 0 Å². The van der Waals surface area contributed by atoms with Crippen molar-refractivity contribution in [2.45, 2.75) is 44.1 Å². The molecule has 0 unspecified atom stereocenters. The second kappa shape index (κ2) is 6.56. The van der Waals surface area contributed by atoms with E-state index in [0.717, 1.165) is 31.7 Å². The summed E-state index contributed by atoms with van der Waals surface area (Å²) < 4.78 is 13.8. The summed E-state index contributed by atoms with van der Waals surface area (Å²) in [5.74, 6) is -2.12. The second-order valence-electron chi connectivity index (χ2n) is 5.38. The van der Waals surface area contributed by atoms with E-state index in [2.05, 4.69) is 21.2 Å². The summed E-state index contributed by atoms with van der Waals surface area (Å²) >= 11 is 3.02. The Bertz CT molecular complexity index is 554. The fourth-order valence-corrected chi connectivity index (χ4v) is 2.90. The Morgan fingerprint density at radius 2 is 1.81 bits per heavy atom. The number of aliphatic carboxylic acids is 1. The monoisotopic (exact) mass is 357 g/mol. The molecule has 0 radical (unpaired) electrons. The van der Waals surface area contributed by atoms with Crippen molar-refractivity contribution in [3.63, 3.8) is 0 Å². The van der Waals surface area contributed by atoms with E-state index < -0.39 is 23.2 Å². The number of hydrogen-bond acceptors (Lipinski definition) is 2. The molecule has 0 spiro atoms. The summed E-state index contributed by atoms with van der Waals surface area (Å²) in [6.07, 6.45) is 4.29. The summed E-state index contributed by atoms with van der Waals surface area (Å²) in [6.45, 7) is 0. The summed E-state index contributed by atoms with van der Waals surface area (Å²) in [7, 11) is 0. The Morgan fingerprint density at radius 3 is 2.33 bits per heavy atom. The van der Waals surface area contributed by atoms with Crippen LogP contribution in [0.5, 0.6) is 0 Å². The van der Waals surface area contributed by atoms with Crippen LogP contribution in [0.3, 0.4) is 0 Å². The quantitative estimate of drug-likeness (QED) is 0.813. The van der Waals surface area contributed by atoms with Gasteiger partial charge in [-0.1, -0.05) is 25.7 Å². The first-order valence-corrected chi connectivity index (χ1v) is 7.75. The topological polar surface area (TPSA) is 66.4 Å². The van der Waals surface area contributed by atoms with Gasteiger partial charge in [0.2, 0.25) is 0 Å². The second-order valence-corrected chi connectivity index (χ2v) is 6.24. The average Bonchev–Trinajstić information content (AvgIpc) is 2.68. The molecule has 0 saturated heterocycles. The average molecular weight is 358 g/mol. The van der Waals surface area contributed by atoms with Crippen LogP contribution in [-0.2, 0) is 4.79 Å². The molecule has 114 valence electrons. The number of rotatable bonds is 3. The molecule has 0 aromatic heterocycles. The molecule has 2 rings (SSSR count). The highest BCUT2D eigenvalue weighted by Gasteiger charge is 2.40. The van der Waals surface area contributed by atoms with E-state index in [-0.39, 0.29) is 10.0 Å².